The quantitative estimate of drug-likeness (QED) is 0.244. The van der Waals surface area contributed by atoms with Gasteiger partial charge in [-0.25, -0.2) is 0 Å². The highest BCUT2D eigenvalue weighted by Crippen LogP contribution is 2.22. The predicted molar refractivity (Wildman–Crippen MR) is 157 cm³/mol. The number of carbonyl (C=O) groups excluding carboxylic acids is 3. The first-order chi connectivity index (χ1) is 19.2. The number of rotatable bonds is 8. The van der Waals surface area contributed by atoms with E-state index in [2.05, 4.69) is 36.9 Å². The summed E-state index contributed by atoms with van der Waals surface area (Å²) in [4.78, 5) is 37.7. The molecule has 0 heterocycles. The molecule has 0 aliphatic rings. The van der Waals surface area contributed by atoms with Gasteiger partial charge in [-0.3, -0.25) is 25.2 Å². The number of amides is 3. The number of nitrogens with one attached hydrogen (secondary N) is 3. The molecule has 4 aromatic rings. The molecule has 204 valence electrons. The van der Waals surface area contributed by atoms with Crippen molar-refractivity contribution in [2.45, 2.75) is 32.6 Å². The van der Waals surface area contributed by atoms with Gasteiger partial charge in [0.2, 0.25) is 0 Å². The average molecular weight is 536 g/mol. The summed E-state index contributed by atoms with van der Waals surface area (Å²) in [7, 11) is 0. The molecule has 0 fully saturated rings. The Kier molecular flexibility index (Phi) is 8.96. The first-order valence-corrected chi connectivity index (χ1v) is 13.1. The maximum Gasteiger partial charge on any atom is 0.269 e. The van der Waals surface area contributed by atoms with E-state index in [0.717, 1.165) is 12.0 Å². The molecule has 0 saturated heterocycles. The van der Waals surface area contributed by atoms with Gasteiger partial charge in [-0.05, 0) is 71.1 Å². The van der Waals surface area contributed by atoms with E-state index in [1.54, 1.807) is 60.7 Å². The predicted octanol–water partition coefficient (Wildman–Crippen LogP) is 5.93. The summed E-state index contributed by atoms with van der Waals surface area (Å²) in [5.41, 5.74) is 8.93. The molecule has 4 rings (SSSR count). The minimum absolute atomic E-state index is 0.00592. The third kappa shape index (κ3) is 7.80. The van der Waals surface area contributed by atoms with E-state index in [0.29, 0.717) is 34.7 Å². The lowest BCUT2D eigenvalue weighted by Gasteiger charge is -2.19. The van der Waals surface area contributed by atoms with Crippen LogP contribution in [0.1, 0.15) is 63.0 Å². The van der Waals surface area contributed by atoms with Crippen LogP contribution >= 0.6 is 0 Å². The summed E-state index contributed by atoms with van der Waals surface area (Å²) in [6, 6.07) is 30.7. The summed E-state index contributed by atoms with van der Waals surface area (Å²) < 4.78 is 5.78. The molecule has 0 atom stereocenters. The standard InChI is InChI=1S/C33H33N3O4/c1-33(2,3)27-16-12-24(13-17-27)30(37)34-28-18-14-25(15-19-28)31(38)35-36-32(39)26-10-7-11-29(22-26)40-21-20-23-8-5-4-6-9-23/h4-19,22H,20-21H2,1-3H3,(H,34,37)(H,35,38)(H,36,39). The van der Waals surface area contributed by atoms with Crippen molar-refractivity contribution in [2.75, 3.05) is 11.9 Å². The normalized spacial score (nSPS) is 10.9. The molecule has 4 aromatic carbocycles. The molecule has 0 unspecified atom stereocenters. The van der Waals surface area contributed by atoms with Gasteiger partial charge < -0.3 is 10.1 Å². The average Bonchev–Trinajstić information content (AvgIpc) is 2.96. The van der Waals surface area contributed by atoms with Gasteiger partial charge >= 0.3 is 0 Å². The molecule has 40 heavy (non-hydrogen) atoms. The zero-order valence-corrected chi connectivity index (χ0v) is 22.9. The second-order valence-electron chi connectivity index (χ2n) is 10.4. The van der Waals surface area contributed by atoms with E-state index in [-0.39, 0.29) is 11.3 Å². The number of ether oxygens (including phenoxy) is 1. The van der Waals surface area contributed by atoms with Gasteiger partial charge in [-0.15, -0.1) is 0 Å². The van der Waals surface area contributed by atoms with Crippen molar-refractivity contribution in [3.8, 4) is 5.75 Å². The van der Waals surface area contributed by atoms with Crippen molar-refractivity contribution in [1.29, 1.82) is 0 Å². The van der Waals surface area contributed by atoms with Crippen molar-refractivity contribution in [2.24, 2.45) is 0 Å². The summed E-state index contributed by atoms with van der Waals surface area (Å²) in [6.07, 6.45) is 0.750. The lowest BCUT2D eigenvalue weighted by atomic mass is 9.87. The highest BCUT2D eigenvalue weighted by Gasteiger charge is 2.15. The Labute approximate surface area is 234 Å². The Morgan fingerprint density at radius 3 is 1.90 bits per heavy atom. The molecule has 0 saturated carbocycles. The highest BCUT2D eigenvalue weighted by molar-refractivity contribution is 6.04. The monoisotopic (exact) mass is 535 g/mol. The van der Waals surface area contributed by atoms with Gasteiger partial charge in [0.15, 0.2) is 0 Å². The first-order valence-electron chi connectivity index (χ1n) is 13.1. The third-order valence-corrected chi connectivity index (χ3v) is 6.31. The lowest BCUT2D eigenvalue weighted by molar-refractivity contribution is 0.0846. The Morgan fingerprint density at radius 1 is 0.650 bits per heavy atom. The molecule has 3 N–H and O–H groups in total. The lowest BCUT2D eigenvalue weighted by Crippen LogP contribution is -2.41. The molecule has 0 aliphatic carbocycles. The van der Waals surface area contributed by atoms with Crippen LogP contribution in [0.4, 0.5) is 5.69 Å². The van der Waals surface area contributed by atoms with Crippen molar-refractivity contribution < 1.29 is 19.1 Å². The maximum atomic E-state index is 12.6. The van der Waals surface area contributed by atoms with Gasteiger partial charge in [-0.2, -0.15) is 0 Å². The molecule has 0 bridgehead atoms. The molecular weight excluding hydrogens is 502 g/mol. The number of benzene rings is 4. The molecule has 0 aliphatic heterocycles. The van der Waals surface area contributed by atoms with Gasteiger partial charge in [0.25, 0.3) is 17.7 Å². The van der Waals surface area contributed by atoms with E-state index in [4.69, 9.17) is 4.74 Å². The topological polar surface area (TPSA) is 96.5 Å². The van der Waals surface area contributed by atoms with Crippen molar-refractivity contribution >= 4 is 23.4 Å². The summed E-state index contributed by atoms with van der Waals surface area (Å²) >= 11 is 0. The van der Waals surface area contributed by atoms with Crippen LogP contribution in [0.25, 0.3) is 0 Å². The summed E-state index contributed by atoms with van der Waals surface area (Å²) in [5.74, 6) is -0.628. The number of hydrogen-bond acceptors (Lipinski definition) is 4. The number of hydrogen-bond donors (Lipinski definition) is 3. The van der Waals surface area contributed by atoms with Crippen LogP contribution in [0.15, 0.2) is 103 Å². The van der Waals surface area contributed by atoms with Crippen molar-refractivity contribution in [3.05, 3.63) is 131 Å². The fraction of sp³-hybridized carbons (Fsp3) is 0.182. The van der Waals surface area contributed by atoms with E-state index < -0.39 is 11.8 Å². The van der Waals surface area contributed by atoms with E-state index >= 15 is 0 Å². The highest BCUT2D eigenvalue weighted by atomic mass is 16.5. The maximum absolute atomic E-state index is 12.6. The van der Waals surface area contributed by atoms with Gasteiger partial charge in [0.1, 0.15) is 5.75 Å². The molecule has 7 heteroatoms. The zero-order valence-electron chi connectivity index (χ0n) is 22.9. The largest absolute Gasteiger partial charge is 0.493 e. The van der Waals surface area contributed by atoms with Crippen molar-refractivity contribution in [3.63, 3.8) is 0 Å². The van der Waals surface area contributed by atoms with Crippen LogP contribution in [-0.4, -0.2) is 24.3 Å². The van der Waals surface area contributed by atoms with Crippen molar-refractivity contribution in [1.82, 2.24) is 10.9 Å². The molecular formula is C33H33N3O4. The van der Waals surface area contributed by atoms with Crippen LogP contribution in [0.2, 0.25) is 0 Å². The van der Waals surface area contributed by atoms with E-state index in [9.17, 15) is 14.4 Å². The molecule has 3 amide bonds. The third-order valence-electron chi connectivity index (χ3n) is 6.31. The molecule has 7 nitrogen and oxygen atoms in total. The minimum Gasteiger partial charge on any atom is -0.493 e. The molecule has 0 aromatic heterocycles. The SMILES string of the molecule is CC(C)(C)c1ccc(C(=O)Nc2ccc(C(=O)NNC(=O)c3cccc(OCCc4ccccc4)c3)cc2)cc1. The van der Waals surface area contributed by atoms with Crippen LogP contribution < -0.4 is 20.9 Å². The number of hydrazine groups is 1. The smallest absolute Gasteiger partial charge is 0.269 e. The van der Waals surface area contributed by atoms with Crippen LogP contribution in [0, 0.1) is 0 Å². The molecule has 0 radical (unpaired) electrons. The first kappa shape index (κ1) is 28.1. The summed E-state index contributed by atoms with van der Waals surface area (Å²) in [5, 5.41) is 2.83. The van der Waals surface area contributed by atoms with E-state index in [1.165, 1.54) is 5.56 Å². The molecule has 0 spiro atoms. The van der Waals surface area contributed by atoms with Gasteiger partial charge in [0.05, 0.1) is 6.61 Å². The Balaban J connectivity index is 1.26. The summed E-state index contributed by atoms with van der Waals surface area (Å²) in [6.45, 7) is 6.83. The van der Waals surface area contributed by atoms with Crippen LogP contribution in [0.3, 0.4) is 0 Å². The Bertz CT molecular complexity index is 1460. The number of anilines is 1. The minimum atomic E-state index is -0.487. The van der Waals surface area contributed by atoms with E-state index in [1.807, 2.05) is 42.5 Å². The van der Waals surface area contributed by atoms with Crippen LogP contribution in [0.5, 0.6) is 5.75 Å². The fourth-order valence-corrected chi connectivity index (χ4v) is 3.95. The second-order valence-corrected chi connectivity index (χ2v) is 10.4. The Morgan fingerprint density at radius 2 is 1.25 bits per heavy atom. The number of carbonyl (C=O) groups is 3. The fourth-order valence-electron chi connectivity index (χ4n) is 3.95. The van der Waals surface area contributed by atoms with Gasteiger partial charge in [0, 0.05) is 28.8 Å². The van der Waals surface area contributed by atoms with Crippen LogP contribution in [-0.2, 0) is 11.8 Å². The zero-order chi connectivity index (χ0) is 28.5. The Hall–Kier alpha value is -4.91. The second kappa shape index (κ2) is 12.8. The van der Waals surface area contributed by atoms with Gasteiger partial charge in [-0.1, -0.05) is 69.3 Å².